The summed E-state index contributed by atoms with van der Waals surface area (Å²) in [6, 6.07) is 6.42. The number of carbonyl (C=O) groups excluding carboxylic acids is 1. The van der Waals surface area contributed by atoms with E-state index in [-0.39, 0.29) is 18.0 Å². The summed E-state index contributed by atoms with van der Waals surface area (Å²) in [6.45, 7) is 4.07. The molecule has 1 N–H and O–H groups in total. The van der Waals surface area contributed by atoms with Gasteiger partial charge in [-0.1, -0.05) is 0 Å². The van der Waals surface area contributed by atoms with Crippen molar-refractivity contribution >= 4 is 17.2 Å². The van der Waals surface area contributed by atoms with Crippen molar-refractivity contribution < 1.29 is 9.21 Å². The average Bonchev–Trinajstić information content (AvgIpc) is 3.17. The van der Waals surface area contributed by atoms with Crippen molar-refractivity contribution in [2.75, 3.05) is 0 Å². The van der Waals surface area contributed by atoms with E-state index >= 15 is 0 Å². The molecule has 8 heteroatoms. The molecule has 0 saturated heterocycles. The minimum absolute atomic E-state index is 0.149. The van der Waals surface area contributed by atoms with E-state index in [1.165, 1.54) is 12.3 Å². The van der Waals surface area contributed by atoms with Gasteiger partial charge in [0.05, 0.1) is 23.5 Å². The number of amides is 1. The Kier molecular flexibility index (Phi) is 4.57. The Morgan fingerprint density at radius 2 is 2.17 bits per heavy atom. The van der Waals surface area contributed by atoms with Crippen molar-refractivity contribution in [1.82, 2.24) is 20.1 Å². The molecule has 0 bridgehead atoms. The lowest BCUT2D eigenvalue weighted by molar-refractivity contribution is -0.122. The number of rotatable bonds is 5. The monoisotopic (exact) mass is 344 g/mol. The van der Waals surface area contributed by atoms with Gasteiger partial charge in [-0.05, 0) is 32.0 Å². The minimum atomic E-state index is -0.342. The molecular weight excluding hydrogens is 328 g/mol. The second kappa shape index (κ2) is 6.79. The van der Waals surface area contributed by atoms with Crippen molar-refractivity contribution in [3.05, 3.63) is 56.5 Å². The first-order valence-corrected chi connectivity index (χ1v) is 8.16. The maximum absolute atomic E-state index is 12.1. The van der Waals surface area contributed by atoms with Crippen LogP contribution >= 0.6 is 11.3 Å². The topological polar surface area (TPSA) is 90.0 Å². The summed E-state index contributed by atoms with van der Waals surface area (Å²) < 4.78 is 6.38. The third-order valence-electron chi connectivity index (χ3n) is 3.38. The summed E-state index contributed by atoms with van der Waals surface area (Å²) in [7, 11) is 0. The van der Waals surface area contributed by atoms with Gasteiger partial charge in [0.2, 0.25) is 5.91 Å². The molecule has 24 heavy (non-hydrogen) atoms. The molecule has 0 fully saturated rings. The van der Waals surface area contributed by atoms with Gasteiger partial charge in [0, 0.05) is 10.9 Å². The van der Waals surface area contributed by atoms with Crippen LogP contribution in [-0.2, 0) is 17.9 Å². The van der Waals surface area contributed by atoms with E-state index in [9.17, 15) is 9.59 Å². The molecular formula is C16H16N4O3S. The van der Waals surface area contributed by atoms with Crippen LogP contribution in [0.1, 0.15) is 15.6 Å². The van der Waals surface area contributed by atoms with Crippen molar-refractivity contribution in [2.45, 2.75) is 26.9 Å². The third-order valence-corrected chi connectivity index (χ3v) is 4.45. The quantitative estimate of drug-likeness (QED) is 0.763. The van der Waals surface area contributed by atoms with Gasteiger partial charge in [-0.3, -0.25) is 9.59 Å². The molecule has 3 aromatic rings. The lowest BCUT2D eigenvalue weighted by atomic mass is 10.3. The van der Waals surface area contributed by atoms with Gasteiger partial charge < -0.3 is 9.73 Å². The van der Waals surface area contributed by atoms with Crippen LogP contribution in [0.2, 0.25) is 0 Å². The molecule has 3 aromatic heterocycles. The average molecular weight is 344 g/mol. The lowest BCUT2D eigenvalue weighted by Gasteiger charge is -2.07. The summed E-state index contributed by atoms with van der Waals surface area (Å²) in [6.07, 6.45) is 1.53. The van der Waals surface area contributed by atoms with Crippen LogP contribution in [0.15, 0.2) is 39.7 Å². The highest BCUT2D eigenvalue weighted by Crippen LogP contribution is 2.17. The standard InChI is InChI=1S/C16H16N4O3S/c1-10-14(24-11(2)18-10)8-17-15(21)9-20-16(22)6-5-12(19-20)13-4-3-7-23-13/h3-7H,8-9H2,1-2H3,(H,17,21). The van der Waals surface area contributed by atoms with Gasteiger partial charge >= 0.3 is 0 Å². The van der Waals surface area contributed by atoms with E-state index in [1.807, 2.05) is 13.8 Å². The molecule has 7 nitrogen and oxygen atoms in total. The zero-order chi connectivity index (χ0) is 17.1. The summed E-state index contributed by atoms with van der Waals surface area (Å²) in [5.41, 5.74) is 1.07. The first-order chi connectivity index (χ1) is 11.5. The van der Waals surface area contributed by atoms with Crippen LogP contribution in [-0.4, -0.2) is 20.7 Å². The smallest absolute Gasteiger partial charge is 0.267 e. The highest BCUT2D eigenvalue weighted by molar-refractivity contribution is 7.11. The fraction of sp³-hybridized carbons (Fsp3) is 0.250. The normalized spacial score (nSPS) is 10.8. The molecule has 0 radical (unpaired) electrons. The largest absolute Gasteiger partial charge is 0.463 e. The number of aromatic nitrogens is 3. The predicted octanol–water partition coefficient (Wildman–Crippen LogP) is 1.89. The number of nitrogens with zero attached hydrogens (tertiary/aromatic N) is 3. The van der Waals surface area contributed by atoms with Crippen molar-refractivity contribution in [3.63, 3.8) is 0 Å². The number of furan rings is 1. The fourth-order valence-electron chi connectivity index (χ4n) is 2.23. The summed E-state index contributed by atoms with van der Waals surface area (Å²) >= 11 is 1.54. The van der Waals surface area contributed by atoms with Gasteiger partial charge in [0.1, 0.15) is 12.2 Å². The summed E-state index contributed by atoms with van der Waals surface area (Å²) in [5, 5.41) is 7.92. The maximum atomic E-state index is 12.1. The molecule has 0 aliphatic heterocycles. The van der Waals surface area contributed by atoms with Crippen LogP contribution in [0, 0.1) is 13.8 Å². The fourth-order valence-corrected chi connectivity index (χ4v) is 3.10. The molecule has 124 valence electrons. The van der Waals surface area contributed by atoms with Crippen molar-refractivity contribution in [1.29, 1.82) is 0 Å². The highest BCUT2D eigenvalue weighted by Gasteiger charge is 2.11. The van der Waals surface area contributed by atoms with E-state index in [0.717, 1.165) is 20.3 Å². The van der Waals surface area contributed by atoms with Crippen LogP contribution in [0.4, 0.5) is 0 Å². The van der Waals surface area contributed by atoms with Crippen LogP contribution in [0.3, 0.4) is 0 Å². The van der Waals surface area contributed by atoms with E-state index < -0.39 is 0 Å². The third kappa shape index (κ3) is 3.60. The van der Waals surface area contributed by atoms with E-state index in [4.69, 9.17) is 4.42 Å². The first-order valence-electron chi connectivity index (χ1n) is 7.34. The second-order valence-electron chi connectivity index (χ2n) is 5.21. The maximum Gasteiger partial charge on any atom is 0.267 e. The Labute approximate surface area is 142 Å². The first kappa shape index (κ1) is 16.1. The summed E-state index contributed by atoms with van der Waals surface area (Å²) in [5.74, 6) is 0.256. The number of nitrogens with one attached hydrogen (secondary N) is 1. The molecule has 1 amide bonds. The van der Waals surface area contributed by atoms with E-state index in [0.29, 0.717) is 18.0 Å². The second-order valence-corrected chi connectivity index (χ2v) is 6.50. The van der Waals surface area contributed by atoms with Crippen LogP contribution in [0.25, 0.3) is 11.5 Å². The predicted molar refractivity (Wildman–Crippen MR) is 89.6 cm³/mol. The number of carbonyl (C=O) groups is 1. The zero-order valence-corrected chi connectivity index (χ0v) is 14.1. The number of hydrogen-bond donors (Lipinski definition) is 1. The van der Waals surface area contributed by atoms with Gasteiger partial charge in [-0.15, -0.1) is 11.3 Å². The molecule has 3 rings (SSSR count). The van der Waals surface area contributed by atoms with Gasteiger partial charge in [0.25, 0.3) is 5.56 Å². The Balaban J connectivity index is 1.69. The van der Waals surface area contributed by atoms with Crippen LogP contribution < -0.4 is 10.9 Å². The SMILES string of the molecule is Cc1nc(C)c(CNC(=O)Cn2nc(-c3ccco3)ccc2=O)s1. The van der Waals surface area contributed by atoms with Gasteiger partial charge in [0.15, 0.2) is 5.76 Å². The molecule has 0 aromatic carbocycles. The van der Waals surface area contributed by atoms with Crippen molar-refractivity contribution in [3.8, 4) is 11.5 Å². The highest BCUT2D eigenvalue weighted by atomic mass is 32.1. The van der Waals surface area contributed by atoms with Gasteiger partial charge in [-0.25, -0.2) is 9.67 Å². The Hall–Kier alpha value is -2.74. The molecule has 0 atom stereocenters. The van der Waals surface area contributed by atoms with Crippen LogP contribution in [0.5, 0.6) is 0 Å². The Morgan fingerprint density at radius 1 is 1.33 bits per heavy atom. The lowest BCUT2D eigenvalue weighted by Crippen LogP contribution is -2.33. The number of thiazole rings is 1. The van der Waals surface area contributed by atoms with Gasteiger partial charge in [-0.2, -0.15) is 5.10 Å². The molecule has 0 unspecified atom stereocenters. The number of aryl methyl sites for hydroxylation is 2. The molecule has 0 aliphatic carbocycles. The Bertz CT molecular complexity index is 912. The molecule has 0 aliphatic rings. The Morgan fingerprint density at radius 3 is 2.83 bits per heavy atom. The van der Waals surface area contributed by atoms with Crippen molar-refractivity contribution in [2.24, 2.45) is 0 Å². The minimum Gasteiger partial charge on any atom is -0.463 e. The molecule has 0 saturated carbocycles. The molecule has 3 heterocycles. The zero-order valence-electron chi connectivity index (χ0n) is 13.3. The van der Waals surface area contributed by atoms with E-state index in [2.05, 4.69) is 15.4 Å². The molecule has 0 spiro atoms. The van der Waals surface area contributed by atoms with E-state index in [1.54, 1.807) is 29.5 Å². The summed E-state index contributed by atoms with van der Waals surface area (Å²) in [4.78, 5) is 29.3. The number of hydrogen-bond acceptors (Lipinski definition) is 6.